The van der Waals surface area contributed by atoms with Gasteiger partial charge in [-0.25, -0.2) is 9.97 Å². The van der Waals surface area contributed by atoms with Crippen LogP contribution in [0.2, 0.25) is 0 Å². The maximum absolute atomic E-state index is 6.41. The van der Waals surface area contributed by atoms with Crippen LogP contribution in [0.4, 0.5) is 5.82 Å². The molecule has 3 N–H and O–H groups in total. The van der Waals surface area contributed by atoms with Gasteiger partial charge in [-0.05, 0) is 61.9 Å². The Bertz CT molecular complexity index is 1330. The Kier molecular flexibility index (Phi) is 6.81. The van der Waals surface area contributed by atoms with Crippen LogP contribution in [-0.2, 0) is 0 Å². The molecular weight excluding hydrogens is 460 g/mol. The fourth-order valence-electron chi connectivity index (χ4n) is 6.09. The molecule has 4 aromatic rings. The minimum Gasteiger partial charge on any atom is -0.457 e. The summed E-state index contributed by atoms with van der Waals surface area (Å²) in [5.74, 6) is 2.16. The zero-order chi connectivity index (χ0) is 25.2. The van der Waals surface area contributed by atoms with Crippen LogP contribution in [0, 0.1) is 0 Å². The van der Waals surface area contributed by atoms with Crippen molar-refractivity contribution in [3.8, 4) is 22.6 Å². The SMILES string of the molecule is CCC1CN([C@H]2CC[C@@H](n3cc(-c4ccc(Oc5ccccc5)cc4)c4c(N)ncnc43)CC2)CCN1. The number of piperazine rings is 1. The number of benzene rings is 2. The number of ether oxygens (including phenoxy) is 1. The first-order chi connectivity index (χ1) is 18.2. The van der Waals surface area contributed by atoms with Crippen molar-refractivity contribution in [2.24, 2.45) is 0 Å². The van der Waals surface area contributed by atoms with Gasteiger partial charge in [-0.2, -0.15) is 0 Å². The van der Waals surface area contributed by atoms with E-state index in [0.29, 0.717) is 23.9 Å². The molecule has 192 valence electrons. The van der Waals surface area contributed by atoms with E-state index in [2.05, 4.69) is 45.0 Å². The zero-order valence-corrected chi connectivity index (χ0v) is 21.5. The maximum Gasteiger partial charge on any atom is 0.146 e. The van der Waals surface area contributed by atoms with Crippen LogP contribution in [0.25, 0.3) is 22.2 Å². The Morgan fingerprint density at radius 2 is 1.68 bits per heavy atom. The van der Waals surface area contributed by atoms with Gasteiger partial charge in [0.05, 0.1) is 5.39 Å². The fourth-order valence-corrected chi connectivity index (χ4v) is 6.09. The minimum atomic E-state index is 0.423. The average molecular weight is 497 g/mol. The maximum atomic E-state index is 6.41. The van der Waals surface area contributed by atoms with Crippen LogP contribution >= 0.6 is 0 Å². The summed E-state index contributed by atoms with van der Waals surface area (Å²) in [4.78, 5) is 11.7. The van der Waals surface area contributed by atoms with Crippen molar-refractivity contribution < 1.29 is 4.74 Å². The number of fused-ring (bicyclic) bond motifs is 1. The molecule has 1 unspecified atom stereocenters. The third kappa shape index (κ3) is 4.93. The highest BCUT2D eigenvalue weighted by atomic mass is 16.5. The second-order valence-corrected chi connectivity index (χ2v) is 10.4. The summed E-state index contributed by atoms with van der Waals surface area (Å²) in [6, 6.07) is 19.8. The highest BCUT2D eigenvalue weighted by Crippen LogP contribution is 2.39. The number of nitrogen functional groups attached to an aromatic ring is 1. The molecular formula is C30H36N6O. The molecule has 2 aromatic carbocycles. The third-order valence-corrected chi connectivity index (χ3v) is 8.14. The van der Waals surface area contributed by atoms with Gasteiger partial charge in [0.1, 0.15) is 29.3 Å². The monoisotopic (exact) mass is 496 g/mol. The van der Waals surface area contributed by atoms with E-state index in [0.717, 1.165) is 59.6 Å². The van der Waals surface area contributed by atoms with Gasteiger partial charge in [-0.3, -0.25) is 4.90 Å². The molecule has 2 aromatic heterocycles. The van der Waals surface area contributed by atoms with Crippen molar-refractivity contribution in [3.63, 3.8) is 0 Å². The van der Waals surface area contributed by atoms with E-state index >= 15 is 0 Å². The van der Waals surface area contributed by atoms with Crippen molar-refractivity contribution in [2.45, 2.75) is 57.2 Å². The van der Waals surface area contributed by atoms with Gasteiger partial charge >= 0.3 is 0 Å². The molecule has 7 heteroatoms. The van der Waals surface area contributed by atoms with Crippen molar-refractivity contribution in [1.29, 1.82) is 0 Å². The normalized spacial score (nSPS) is 22.8. The molecule has 2 aliphatic rings. The molecule has 37 heavy (non-hydrogen) atoms. The molecule has 1 aliphatic carbocycles. The van der Waals surface area contributed by atoms with Crippen LogP contribution < -0.4 is 15.8 Å². The summed E-state index contributed by atoms with van der Waals surface area (Å²) >= 11 is 0. The summed E-state index contributed by atoms with van der Waals surface area (Å²) in [6.07, 6.45) is 9.79. The third-order valence-electron chi connectivity index (χ3n) is 8.14. The number of hydrogen-bond donors (Lipinski definition) is 2. The first kappa shape index (κ1) is 23.9. The van der Waals surface area contributed by atoms with Crippen LogP contribution in [-0.4, -0.2) is 51.2 Å². The Morgan fingerprint density at radius 1 is 0.946 bits per heavy atom. The average Bonchev–Trinajstić information content (AvgIpc) is 3.35. The van der Waals surface area contributed by atoms with Crippen LogP contribution in [0.5, 0.6) is 11.5 Å². The molecule has 0 amide bonds. The summed E-state index contributed by atoms with van der Waals surface area (Å²) in [5, 5.41) is 4.59. The molecule has 0 radical (unpaired) electrons. The van der Waals surface area contributed by atoms with E-state index in [1.165, 1.54) is 25.8 Å². The summed E-state index contributed by atoms with van der Waals surface area (Å²) in [5.41, 5.74) is 9.51. The van der Waals surface area contributed by atoms with Crippen LogP contribution in [0.15, 0.2) is 67.1 Å². The van der Waals surface area contributed by atoms with E-state index in [1.54, 1.807) is 6.33 Å². The lowest BCUT2D eigenvalue weighted by molar-refractivity contribution is 0.103. The quantitative estimate of drug-likeness (QED) is 0.360. The molecule has 1 atom stereocenters. The van der Waals surface area contributed by atoms with Gasteiger partial charge in [0.15, 0.2) is 0 Å². The molecule has 1 aliphatic heterocycles. The lowest BCUT2D eigenvalue weighted by atomic mass is 9.89. The minimum absolute atomic E-state index is 0.423. The zero-order valence-electron chi connectivity index (χ0n) is 21.5. The number of anilines is 1. The molecule has 0 spiro atoms. The highest BCUT2D eigenvalue weighted by Gasteiger charge is 2.30. The van der Waals surface area contributed by atoms with Crippen molar-refractivity contribution in [1.82, 2.24) is 24.8 Å². The number of hydrogen-bond acceptors (Lipinski definition) is 6. The topological polar surface area (TPSA) is 81.2 Å². The van der Waals surface area contributed by atoms with Gasteiger partial charge in [0.2, 0.25) is 0 Å². The molecule has 1 saturated carbocycles. The van der Waals surface area contributed by atoms with Crippen molar-refractivity contribution in [2.75, 3.05) is 25.4 Å². The van der Waals surface area contributed by atoms with Crippen molar-refractivity contribution in [3.05, 3.63) is 67.1 Å². The second kappa shape index (κ2) is 10.5. The summed E-state index contributed by atoms with van der Waals surface area (Å²) in [6.45, 7) is 5.73. The molecule has 3 heterocycles. The fraction of sp³-hybridized carbons (Fsp3) is 0.400. The van der Waals surface area contributed by atoms with Gasteiger partial charge in [0.25, 0.3) is 0 Å². The van der Waals surface area contributed by atoms with E-state index < -0.39 is 0 Å². The van der Waals surface area contributed by atoms with Crippen LogP contribution in [0.1, 0.15) is 45.1 Å². The Balaban J connectivity index is 1.23. The second-order valence-electron chi connectivity index (χ2n) is 10.4. The van der Waals surface area contributed by atoms with E-state index in [1.807, 2.05) is 42.5 Å². The van der Waals surface area contributed by atoms with Crippen molar-refractivity contribution >= 4 is 16.9 Å². The first-order valence-corrected chi connectivity index (χ1v) is 13.6. The number of para-hydroxylation sites is 1. The Morgan fingerprint density at radius 3 is 2.43 bits per heavy atom. The molecule has 1 saturated heterocycles. The van der Waals surface area contributed by atoms with Gasteiger partial charge in [0, 0.05) is 49.5 Å². The Hall–Kier alpha value is -3.42. The first-order valence-electron chi connectivity index (χ1n) is 13.6. The molecule has 2 fully saturated rings. The summed E-state index contributed by atoms with van der Waals surface area (Å²) < 4.78 is 8.35. The predicted octanol–water partition coefficient (Wildman–Crippen LogP) is 5.64. The van der Waals surface area contributed by atoms with E-state index in [4.69, 9.17) is 15.5 Å². The van der Waals surface area contributed by atoms with E-state index in [9.17, 15) is 0 Å². The largest absolute Gasteiger partial charge is 0.457 e. The number of aromatic nitrogens is 3. The standard InChI is InChI=1S/C30H36N6O/c1-2-22-18-35(17-16-32-22)23-10-12-24(13-11-23)36-19-27(28-29(31)33-20-34-30(28)36)21-8-14-26(15-9-21)37-25-6-4-3-5-7-25/h3-9,14-15,19-20,22-24,32H,2,10-13,16-18H2,1H3,(H2,31,33,34)/t22?,23-,24+. The molecule has 6 rings (SSSR count). The Labute approximate surface area is 218 Å². The van der Waals surface area contributed by atoms with Gasteiger partial charge < -0.3 is 20.4 Å². The number of nitrogens with zero attached hydrogens (tertiary/aromatic N) is 4. The molecule has 0 bridgehead atoms. The number of rotatable bonds is 6. The highest BCUT2D eigenvalue weighted by molar-refractivity contribution is 6.00. The molecule has 7 nitrogen and oxygen atoms in total. The smallest absolute Gasteiger partial charge is 0.146 e. The van der Waals surface area contributed by atoms with Gasteiger partial charge in [-0.1, -0.05) is 37.3 Å². The van der Waals surface area contributed by atoms with Crippen LogP contribution in [0.3, 0.4) is 0 Å². The number of nitrogens with two attached hydrogens (primary N) is 1. The lowest BCUT2D eigenvalue weighted by Gasteiger charge is -2.42. The number of nitrogens with one attached hydrogen (secondary N) is 1. The van der Waals surface area contributed by atoms with E-state index in [-0.39, 0.29) is 0 Å². The predicted molar refractivity (Wildman–Crippen MR) is 149 cm³/mol. The van der Waals surface area contributed by atoms with Gasteiger partial charge in [-0.15, -0.1) is 0 Å². The summed E-state index contributed by atoms with van der Waals surface area (Å²) in [7, 11) is 0. The lowest BCUT2D eigenvalue weighted by Crippen LogP contribution is -2.54.